The zero-order chi connectivity index (χ0) is 12.7. The molecule has 1 aliphatic heterocycles. The Morgan fingerprint density at radius 2 is 2.29 bits per heavy atom. The van der Waals surface area contributed by atoms with E-state index in [0.29, 0.717) is 17.6 Å². The molecule has 1 aliphatic rings. The van der Waals surface area contributed by atoms with Crippen molar-refractivity contribution in [3.8, 4) is 0 Å². The Hall–Kier alpha value is -0.230. The third-order valence-corrected chi connectivity index (χ3v) is 3.18. The molecule has 1 fully saturated rings. The summed E-state index contributed by atoms with van der Waals surface area (Å²) in [5.41, 5.74) is 5.62. The molecule has 2 N–H and O–H groups in total. The van der Waals surface area contributed by atoms with Gasteiger partial charge in [0.05, 0.1) is 17.7 Å². The fourth-order valence-electron chi connectivity index (χ4n) is 2.24. The number of nitrogens with two attached hydrogens (primary N) is 1. The van der Waals surface area contributed by atoms with Crippen LogP contribution in [0.5, 0.6) is 0 Å². The Bertz CT molecular complexity index is 238. The van der Waals surface area contributed by atoms with Crippen molar-refractivity contribution in [2.24, 2.45) is 5.73 Å². The SMILES string of the molecule is CCCN(CC(N)=S)CC1CN(CC)CCO1. The largest absolute Gasteiger partial charge is 0.392 e. The third kappa shape index (κ3) is 5.77. The van der Waals surface area contributed by atoms with Crippen molar-refractivity contribution in [3.05, 3.63) is 0 Å². The van der Waals surface area contributed by atoms with Crippen LogP contribution in [-0.2, 0) is 4.74 Å². The molecule has 1 atom stereocenters. The van der Waals surface area contributed by atoms with Crippen molar-refractivity contribution in [1.82, 2.24) is 9.80 Å². The van der Waals surface area contributed by atoms with E-state index < -0.39 is 0 Å². The van der Waals surface area contributed by atoms with Crippen molar-refractivity contribution in [2.45, 2.75) is 26.4 Å². The summed E-state index contributed by atoms with van der Waals surface area (Å²) in [6, 6.07) is 0. The summed E-state index contributed by atoms with van der Waals surface area (Å²) >= 11 is 4.98. The maximum atomic E-state index is 5.80. The highest BCUT2D eigenvalue weighted by molar-refractivity contribution is 7.80. The molecule has 0 radical (unpaired) electrons. The quantitative estimate of drug-likeness (QED) is 0.682. The first kappa shape index (κ1) is 14.8. The average molecular weight is 259 g/mol. The van der Waals surface area contributed by atoms with E-state index in [0.717, 1.165) is 45.8 Å². The maximum Gasteiger partial charge on any atom is 0.0870 e. The van der Waals surface area contributed by atoms with E-state index in [9.17, 15) is 0 Å². The molecule has 4 nitrogen and oxygen atoms in total. The molecule has 5 heteroatoms. The van der Waals surface area contributed by atoms with Crippen LogP contribution in [0.25, 0.3) is 0 Å². The fourth-order valence-corrected chi connectivity index (χ4v) is 2.42. The molecule has 0 amide bonds. The molecule has 0 spiro atoms. The second-order valence-electron chi connectivity index (χ2n) is 4.59. The number of nitrogens with zero attached hydrogens (tertiary/aromatic N) is 2. The summed E-state index contributed by atoms with van der Waals surface area (Å²) in [4.78, 5) is 5.30. The lowest BCUT2D eigenvalue weighted by atomic mass is 10.2. The van der Waals surface area contributed by atoms with Gasteiger partial charge in [0.1, 0.15) is 0 Å². The molecule has 0 saturated carbocycles. The Morgan fingerprint density at radius 1 is 1.53 bits per heavy atom. The number of hydrogen-bond acceptors (Lipinski definition) is 4. The monoisotopic (exact) mass is 259 g/mol. The first-order chi connectivity index (χ1) is 8.15. The summed E-state index contributed by atoms with van der Waals surface area (Å²) in [6.07, 6.45) is 1.41. The maximum absolute atomic E-state index is 5.80. The molecule has 1 heterocycles. The van der Waals surface area contributed by atoms with Gasteiger partial charge in [-0.25, -0.2) is 0 Å². The molecule has 100 valence electrons. The topological polar surface area (TPSA) is 41.7 Å². The van der Waals surface area contributed by atoms with Gasteiger partial charge in [0.25, 0.3) is 0 Å². The number of morpholine rings is 1. The Morgan fingerprint density at radius 3 is 2.88 bits per heavy atom. The summed E-state index contributed by atoms with van der Waals surface area (Å²) in [6.45, 7) is 11.0. The molecule has 0 aromatic carbocycles. The molecule has 0 bridgehead atoms. The highest BCUT2D eigenvalue weighted by atomic mass is 32.1. The zero-order valence-corrected chi connectivity index (χ0v) is 11.8. The van der Waals surface area contributed by atoms with Gasteiger partial charge in [0.15, 0.2) is 0 Å². The Balaban J connectivity index is 2.39. The average Bonchev–Trinajstić information content (AvgIpc) is 2.29. The minimum absolute atomic E-state index is 0.296. The first-order valence-corrected chi connectivity index (χ1v) is 6.91. The summed E-state index contributed by atoms with van der Waals surface area (Å²) in [7, 11) is 0. The highest BCUT2D eigenvalue weighted by Gasteiger charge is 2.21. The number of hydrogen-bond donors (Lipinski definition) is 1. The third-order valence-electron chi connectivity index (χ3n) is 3.05. The molecule has 1 unspecified atom stereocenters. The molecule has 1 saturated heterocycles. The minimum Gasteiger partial charge on any atom is -0.392 e. The zero-order valence-electron chi connectivity index (χ0n) is 11.0. The summed E-state index contributed by atoms with van der Waals surface area (Å²) in [5, 5.41) is 0. The Labute approximate surface area is 110 Å². The smallest absolute Gasteiger partial charge is 0.0870 e. The van der Waals surface area contributed by atoms with Crippen LogP contribution in [0.3, 0.4) is 0 Å². The van der Waals surface area contributed by atoms with Crippen LogP contribution in [0.1, 0.15) is 20.3 Å². The molecule has 0 aliphatic carbocycles. The second-order valence-corrected chi connectivity index (χ2v) is 5.11. The molecule has 1 rings (SSSR count). The molecule has 0 aromatic heterocycles. The van der Waals surface area contributed by atoms with E-state index >= 15 is 0 Å². The van der Waals surface area contributed by atoms with E-state index in [1.54, 1.807) is 0 Å². The van der Waals surface area contributed by atoms with Crippen molar-refractivity contribution >= 4 is 17.2 Å². The summed E-state index contributed by atoms with van der Waals surface area (Å²) < 4.78 is 5.80. The number of thiocarbonyl (C=S) groups is 1. The van der Waals surface area contributed by atoms with Gasteiger partial charge in [-0.2, -0.15) is 0 Å². The second kappa shape index (κ2) is 7.97. The van der Waals surface area contributed by atoms with Crippen LogP contribution in [0.4, 0.5) is 0 Å². The number of rotatable bonds is 7. The predicted octanol–water partition coefficient (Wildman–Crippen LogP) is 0.705. The van der Waals surface area contributed by atoms with Gasteiger partial charge in [0, 0.05) is 26.2 Å². The van der Waals surface area contributed by atoms with Gasteiger partial charge in [-0.3, -0.25) is 9.80 Å². The molecule has 17 heavy (non-hydrogen) atoms. The summed E-state index contributed by atoms with van der Waals surface area (Å²) in [5.74, 6) is 0. The molecule has 0 aromatic rings. The minimum atomic E-state index is 0.296. The van der Waals surface area contributed by atoms with Crippen LogP contribution in [0.2, 0.25) is 0 Å². The van der Waals surface area contributed by atoms with Crippen LogP contribution < -0.4 is 5.73 Å². The van der Waals surface area contributed by atoms with E-state index in [2.05, 4.69) is 23.6 Å². The standard InChI is InChI=1S/C12H25N3OS/c1-3-5-15(10-12(13)17)9-11-8-14(4-2)6-7-16-11/h11H,3-10H2,1-2H3,(H2,13,17). The van der Waals surface area contributed by atoms with Gasteiger partial charge in [-0.1, -0.05) is 26.1 Å². The van der Waals surface area contributed by atoms with Crippen LogP contribution >= 0.6 is 12.2 Å². The molecular weight excluding hydrogens is 234 g/mol. The fraction of sp³-hybridized carbons (Fsp3) is 0.917. The normalized spacial score (nSPS) is 21.9. The van der Waals surface area contributed by atoms with Gasteiger partial charge in [-0.05, 0) is 19.5 Å². The van der Waals surface area contributed by atoms with Crippen LogP contribution in [0.15, 0.2) is 0 Å². The van der Waals surface area contributed by atoms with Crippen molar-refractivity contribution in [3.63, 3.8) is 0 Å². The van der Waals surface area contributed by atoms with Gasteiger partial charge in [0.2, 0.25) is 0 Å². The van der Waals surface area contributed by atoms with Gasteiger partial charge < -0.3 is 10.5 Å². The van der Waals surface area contributed by atoms with Crippen molar-refractivity contribution < 1.29 is 4.74 Å². The van der Waals surface area contributed by atoms with Gasteiger partial charge >= 0.3 is 0 Å². The van der Waals surface area contributed by atoms with E-state index in [1.165, 1.54) is 0 Å². The predicted molar refractivity (Wildman–Crippen MR) is 75.4 cm³/mol. The molecular formula is C12H25N3OS. The van der Waals surface area contributed by atoms with Gasteiger partial charge in [-0.15, -0.1) is 0 Å². The number of ether oxygens (including phenoxy) is 1. The van der Waals surface area contributed by atoms with Crippen LogP contribution in [0, 0.1) is 0 Å². The lowest BCUT2D eigenvalue weighted by molar-refractivity contribution is -0.0400. The van der Waals surface area contributed by atoms with Crippen molar-refractivity contribution in [2.75, 3.05) is 45.9 Å². The van der Waals surface area contributed by atoms with E-state index in [-0.39, 0.29) is 0 Å². The number of likely N-dealkylation sites (N-methyl/N-ethyl adjacent to an activating group) is 1. The van der Waals surface area contributed by atoms with Crippen LogP contribution in [-0.4, -0.2) is 66.8 Å². The lowest BCUT2D eigenvalue weighted by Gasteiger charge is -2.35. The first-order valence-electron chi connectivity index (χ1n) is 6.50. The van der Waals surface area contributed by atoms with E-state index in [4.69, 9.17) is 22.7 Å². The Kier molecular flexibility index (Phi) is 6.96. The van der Waals surface area contributed by atoms with Crippen molar-refractivity contribution in [1.29, 1.82) is 0 Å². The lowest BCUT2D eigenvalue weighted by Crippen LogP contribution is -2.48. The van der Waals surface area contributed by atoms with E-state index in [1.807, 2.05) is 0 Å². The highest BCUT2D eigenvalue weighted by Crippen LogP contribution is 2.07.